The van der Waals surface area contributed by atoms with Crippen LogP contribution in [0.5, 0.6) is 5.75 Å². The van der Waals surface area contributed by atoms with E-state index in [1.54, 1.807) is 7.11 Å². The smallest absolute Gasteiger partial charge is 0.228 e. The van der Waals surface area contributed by atoms with E-state index in [2.05, 4.69) is 21.2 Å². The average molecular weight is 324 g/mol. The second kappa shape index (κ2) is 4.34. The molecule has 0 radical (unpaired) electrons. The maximum Gasteiger partial charge on any atom is 0.228 e. The summed E-state index contributed by atoms with van der Waals surface area (Å²) in [4.78, 5) is 23.6. The van der Waals surface area contributed by atoms with E-state index in [4.69, 9.17) is 4.74 Å². The minimum Gasteiger partial charge on any atom is -0.496 e. The van der Waals surface area contributed by atoms with Crippen molar-refractivity contribution in [2.75, 3.05) is 7.11 Å². The zero-order chi connectivity index (χ0) is 13.6. The number of benzene rings is 1. The number of Topliss-reactive ketones (excluding diaryl/α,β-unsaturated/α-hetero) is 1. The van der Waals surface area contributed by atoms with Crippen LogP contribution < -0.4 is 10.1 Å². The van der Waals surface area contributed by atoms with Crippen LogP contribution in [0.1, 0.15) is 24.0 Å². The Balaban J connectivity index is 2.05. The van der Waals surface area contributed by atoms with E-state index in [0.29, 0.717) is 12.8 Å². The van der Waals surface area contributed by atoms with Crippen LogP contribution in [0.3, 0.4) is 0 Å². The number of methoxy groups -OCH3 is 1. The number of ether oxygens (including phenoxy) is 1. The molecule has 1 aromatic rings. The first-order chi connectivity index (χ1) is 9.05. The molecule has 1 fully saturated rings. The number of halogens is 1. The predicted molar refractivity (Wildman–Crippen MR) is 73.2 cm³/mol. The molecule has 0 bridgehead atoms. The molecule has 1 atom stereocenters. The summed E-state index contributed by atoms with van der Waals surface area (Å²) in [5.41, 5.74) is 1.51. The van der Waals surface area contributed by atoms with Gasteiger partial charge in [0.25, 0.3) is 0 Å². The van der Waals surface area contributed by atoms with Gasteiger partial charge in [-0.25, -0.2) is 0 Å². The molecule has 1 amide bonds. The first kappa shape index (κ1) is 12.7. The highest BCUT2D eigenvalue weighted by molar-refractivity contribution is 9.10. The van der Waals surface area contributed by atoms with Crippen molar-refractivity contribution in [3.8, 4) is 5.75 Å². The van der Waals surface area contributed by atoms with E-state index in [1.807, 2.05) is 12.1 Å². The van der Waals surface area contributed by atoms with E-state index in [0.717, 1.165) is 27.8 Å². The van der Waals surface area contributed by atoms with Crippen molar-refractivity contribution < 1.29 is 14.3 Å². The van der Waals surface area contributed by atoms with Crippen molar-refractivity contribution >= 4 is 27.6 Å². The van der Waals surface area contributed by atoms with Crippen molar-refractivity contribution in [1.29, 1.82) is 0 Å². The highest BCUT2D eigenvalue weighted by Crippen LogP contribution is 2.40. The number of rotatable bonds is 1. The molecule has 5 heteroatoms. The lowest BCUT2D eigenvalue weighted by molar-refractivity contribution is -0.123. The van der Waals surface area contributed by atoms with Gasteiger partial charge in [0.15, 0.2) is 5.78 Å². The second-order valence-corrected chi connectivity index (χ2v) is 5.97. The Morgan fingerprint density at radius 2 is 2.11 bits per heavy atom. The molecule has 1 aliphatic carbocycles. The largest absolute Gasteiger partial charge is 0.496 e. The van der Waals surface area contributed by atoms with Gasteiger partial charge >= 0.3 is 0 Å². The van der Waals surface area contributed by atoms with E-state index in [9.17, 15) is 9.59 Å². The Morgan fingerprint density at radius 1 is 1.32 bits per heavy atom. The molecule has 1 unspecified atom stereocenters. The summed E-state index contributed by atoms with van der Waals surface area (Å²) < 4.78 is 6.34. The topological polar surface area (TPSA) is 55.4 Å². The molecule has 1 spiro atoms. The Bertz CT molecular complexity index is 584. The maximum atomic E-state index is 12.1. The quantitative estimate of drug-likeness (QED) is 0.801. The van der Waals surface area contributed by atoms with Gasteiger partial charge < -0.3 is 10.1 Å². The lowest BCUT2D eigenvalue weighted by Crippen LogP contribution is -2.50. The number of carbonyl (C=O) groups is 2. The standard InChI is InChI=1S/C14H14BrNO3/c1-19-11-3-2-10(15)9-7-14(5-4-8(9)11)12(17)6-13(18)16-14/h2-3H,4-7H2,1H3,(H,16,18). The van der Waals surface area contributed by atoms with Gasteiger partial charge in [-0.2, -0.15) is 0 Å². The Kier molecular flexibility index (Phi) is 2.89. The lowest BCUT2D eigenvalue weighted by Gasteiger charge is -2.34. The summed E-state index contributed by atoms with van der Waals surface area (Å²) in [7, 11) is 1.65. The Morgan fingerprint density at radius 3 is 2.74 bits per heavy atom. The zero-order valence-corrected chi connectivity index (χ0v) is 12.2. The van der Waals surface area contributed by atoms with Crippen LogP contribution in [0.25, 0.3) is 0 Å². The van der Waals surface area contributed by atoms with Crippen molar-refractivity contribution in [3.63, 3.8) is 0 Å². The fourth-order valence-corrected chi connectivity index (χ4v) is 3.58. The highest BCUT2D eigenvalue weighted by atomic mass is 79.9. The number of carbonyl (C=O) groups excluding carboxylic acids is 2. The third kappa shape index (κ3) is 1.87. The van der Waals surface area contributed by atoms with Crippen LogP contribution >= 0.6 is 15.9 Å². The van der Waals surface area contributed by atoms with E-state index in [1.165, 1.54) is 0 Å². The first-order valence-electron chi connectivity index (χ1n) is 6.24. The zero-order valence-electron chi connectivity index (χ0n) is 10.6. The van der Waals surface area contributed by atoms with Gasteiger partial charge in [-0.1, -0.05) is 15.9 Å². The van der Waals surface area contributed by atoms with Crippen LogP contribution in [-0.4, -0.2) is 24.3 Å². The first-order valence-corrected chi connectivity index (χ1v) is 7.03. The van der Waals surface area contributed by atoms with Crippen LogP contribution in [0.4, 0.5) is 0 Å². The van der Waals surface area contributed by atoms with E-state index < -0.39 is 5.54 Å². The molecule has 100 valence electrons. The van der Waals surface area contributed by atoms with Crippen molar-refractivity contribution in [1.82, 2.24) is 5.32 Å². The second-order valence-electron chi connectivity index (χ2n) is 5.11. The van der Waals surface area contributed by atoms with Crippen LogP contribution in [0.2, 0.25) is 0 Å². The van der Waals surface area contributed by atoms with Gasteiger partial charge in [-0.15, -0.1) is 0 Å². The lowest BCUT2D eigenvalue weighted by atomic mass is 9.76. The molecule has 1 aliphatic heterocycles. The number of fused-ring (bicyclic) bond motifs is 1. The van der Waals surface area contributed by atoms with Gasteiger partial charge in [0.1, 0.15) is 11.3 Å². The third-order valence-electron chi connectivity index (χ3n) is 4.06. The fraction of sp³-hybridized carbons (Fsp3) is 0.429. The Hall–Kier alpha value is -1.36. The molecule has 3 rings (SSSR count). The van der Waals surface area contributed by atoms with Crippen LogP contribution in [0, 0.1) is 0 Å². The molecule has 1 N–H and O–H groups in total. The summed E-state index contributed by atoms with van der Waals surface area (Å²) >= 11 is 3.53. The summed E-state index contributed by atoms with van der Waals surface area (Å²) in [6, 6.07) is 3.86. The normalized spacial score (nSPS) is 25.4. The summed E-state index contributed by atoms with van der Waals surface area (Å²) in [5.74, 6) is 0.704. The number of nitrogens with one attached hydrogen (secondary N) is 1. The van der Waals surface area contributed by atoms with Crippen molar-refractivity contribution in [2.45, 2.75) is 31.2 Å². The van der Waals surface area contributed by atoms with E-state index >= 15 is 0 Å². The molecule has 0 aromatic heterocycles. The van der Waals surface area contributed by atoms with Gasteiger partial charge in [-0.3, -0.25) is 9.59 Å². The van der Waals surface area contributed by atoms with Crippen LogP contribution in [0.15, 0.2) is 16.6 Å². The monoisotopic (exact) mass is 323 g/mol. The highest BCUT2D eigenvalue weighted by Gasteiger charge is 2.48. The summed E-state index contributed by atoms with van der Waals surface area (Å²) in [5, 5.41) is 2.87. The number of ketones is 1. The SMILES string of the molecule is COc1ccc(Br)c2c1CCC1(C2)NC(=O)CC1=O. The molecule has 2 aliphatic rings. The predicted octanol–water partition coefficient (Wildman–Crippen LogP) is 1.77. The molecule has 1 aromatic carbocycles. The molecular formula is C14H14BrNO3. The van der Waals surface area contributed by atoms with E-state index in [-0.39, 0.29) is 18.1 Å². The van der Waals surface area contributed by atoms with Crippen molar-refractivity contribution in [2.24, 2.45) is 0 Å². The number of hydrogen-bond acceptors (Lipinski definition) is 3. The van der Waals surface area contributed by atoms with Crippen LogP contribution in [-0.2, 0) is 22.4 Å². The minimum atomic E-state index is -0.695. The summed E-state index contributed by atoms with van der Waals surface area (Å²) in [6.07, 6.45) is 1.95. The maximum absolute atomic E-state index is 12.1. The average Bonchev–Trinajstić information content (AvgIpc) is 2.65. The van der Waals surface area contributed by atoms with Gasteiger partial charge in [0.05, 0.1) is 13.5 Å². The number of amides is 1. The molecule has 19 heavy (non-hydrogen) atoms. The fourth-order valence-electron chi connectivity index (χ4n) is 3.07. The third-order valence-corrected chi connectivity index (χ3v) is 4.81. The van der Waals surface area contributed by atoms with Crippen molar-refractivity contribution in [3.05, 3.63) is 27.7 Å². The minimum absolute atomic E-state index is 0.0108. The molecule has 1 saturated heterocycles. The molecule has 0 saturated carbocycles. The van der Waals surface area contributed by atoms with Gasteiger partial charge in [-0.05, 0) is 36.1 Å². The van der Waals surface area contributed by atoms with Gasteiger partial charge in [0, 0.05) is 10.9 Å². The molecular weight excluding hydrogens is 310 g/mol. The number of hydrogen-bond donors (Lipinski definition) is 1. The molecule has 4 nitrogen and oxygen atoms in total. The summed E-state index contributed by atoms with van der Waals surface area (Å²) in [6.45, 7) is 0. The van der Waals surface area contributed by atoms with Gasteiger partial charge in [0.2, 0.25) is 5.91 Å². The molecule has 1 heterocycles. The Labute approximate surface area is 119 Å².